The number of oxime groups is 1. The van der Waals surface area contributed by atoms with E-state index in [0.29, 0.717) is 29.9 Å². The molecule has 3 saturated carbocycles. The summed E-state index contributed by atoms with van der Waals surface area (Å²) in [6.45, 7) is 6.43. The summed E-state index contributed by atoms with van der Waals surface area (Å²) < 4.78 is 4.87. The minimum Gasteiger partial charge on any atom is -0.467 e. The first-order valence-corrected chi connectivity index (χ1v) is 14.3. The number of esters is 1. The van der Waals surface area contributed by atoms with Crippen LogP contribution in [0.15, 0.2) is 59.3 Å². The lowest BCUT2D eigenvalue weighted by molar-refractivity contribution is -0.145. The predicted octanol–water partition coefficient (Wildman–Crippen LogP) is 4.75. The molecule has 1 aromatic rings. The van der Waals surface area contributed by atoms with E-state index in [-0.39, 0.29) is 17.4 Å². The second kappa shape index (κ2) is 10.6. The van der Waals surface area contributed by atoms with Crippen LogP contribution in [-0.4, -0.2) is 48.1 Å². The van der Waals surface area contributed by atoms with Crippen LogP contribution in [0.2, 0.25) is 0 Å². The second-order valence-corrected chi connectivity index (χ2v) is 12.6. The summed E-state index contributed by atoms with van der Waals surface area (Å²) in [6, 6.07) is 8.68. The van der Waals surface area contributed by atoms with Crippen LogP contribution in [0.1, 0.15) is 64.9 Å². The van der Waals surface area contributed by atoms with Gasteiger partial charge in [0.05, 0.1) is 12.7 Å². The van der Waals surface area contributed by atoms with Crippen molar-refractivity contribution in [2.45, 2.75) is 77.4 Å². The number of rotatable bonds is 7. The van der Waals surface area contributed by atoms with E-state index in [9.17, 15) is 14.7 Å². The van der Waals surface area contributed by atoms with Gasteiger partial charge in [0.1, 0.15) is 11.8 Å². The van der Waals surface area contributed by atoms with E-state index in [0.717, 1.165) is 44.1 Å². The number of aliphatic hydroxyl groups is 1. The molecule has 3 fully saturated rings. The van der Waals surface area contributed by atoms with Crippen molar-refractivity contribution in [1.29, 1.82) is 0 Å². The molecular formula is C32H42N2O5. The monoisotopic (exact) mass is 534 g/mol. The van der Waals surface area contributed by atoms with Gasteiger partial charge in [-0.05, 0) is 86.3 Å². The fourth-order valence-corrected chi connectivity index (χ4v) is 8.09. The number of carbonyl (C=O) groups excluding carboxylic acids is 2. The van der Waals surface area contributed by atoms with Gasteiger partial charge in [-0.15, -0.1) is 0 Å². The third-order valence-electron chi connectivity index (χ3n) is 10.6. The maximum atomic E-state index is 12.5. The van der Waals surface area contributed by atoms with Crippen LogP contribution >= 0.6 is 0 Å². The molecule has 210 valence electrons. The van der Waals surface area contributed by atoms with Crippen LogP contribution in [0.4, 0.5) is 0 Å². The predicted molar refractivity (Wildman–Crippen MR) is 150 cm³/mol. The van der Waals surface area contributed by atoms with Gasteiger partial charge in [0.25, 0.3) is 5.91 Å². The molecule has 0 aliphatic heterocycles. The van der Waals surface area contributed by atoms with E-state index < -0.39 is 23.5 Å². The summed E-state index contributed by atoms with van der Waals surface area (Å²) >= 11 is 0. The van der Waals surface area contributed by atoms with Crippen molar-refractivity contribution >= 4 is 17.6 Å². The standard InChI is InChI=1S/C32H42N2O5/c1-30-15-12-23(34-39-20-28(35)33-27(29(36)38-4)18-21-8-6-5-7-9-21)19-22(30)10-11-24-25(30)13-16-31(2)26(24)14-17-32(31,3)37/h5-9,12,15,19,24-27,37H,10-11,13-14,16-18,20H2,1-4H3,(H,33,35)/b34-23-/t24-,25+,26-,27+,30+,31+,32+/m1/s1. The highest BCUT2D eigenvalue weighted by molar-refractivity contribution is 6.05. The van der Waals surface area contributed by atoms with Crippen molar-refractivity contribution in [2.75, 3.05) is 13.7 Å². The molecule has 0 unspecified atom stereocenters. The molecule has 1 aromatic carbocycles. The molecule has 1 amide bonds. The van der Waals surface area contributed by atoms with Crippen LogP contribution < -0.4 is 5.32 Å². The normalized spacial score (nSPS) is 36.7. The molecule has 0 radical (unpaired) electrons. The number of ether oxygens (including phenoxy) is 1. The van der Waals surface area contributed by atoms with Crippen LogP contribution in [0, 0.1) is 28.6 Å². The highest BCUT2D eigenvalue weighted by Gasteiger charge is 2.61. The summed E-state index contributed by atoms with van der Waals surface area (Å²) in [5, 5.41) is 18.1. The number of nitrogens with one attached hydrogen (secondary N) is 1. The van der Waals surface area contributed by atoms with Gasteiger partial charge in [0.2, 0.25) is 0 Å². The number of hydrogen-bond donors (Lipinski definition) is 2. The van der Waals surface area contributed by atoms with Crippen LogP contribution in [0.3, 0.4) is 0 Å². The molecule has 39 heavy (non-hydrogen) atoms. The highest BCUT2D eigenvalue weighted by Crippen LogP contribution is 2.66. The lowest BCUT2D eigenvalue weighted by Crippen LogP contribution is -2.53. The Balaban J connectivity index is 1.20. The van der Waals surface area contributed by atoms with Gasteiger partial charge in [0, 0.05) is 11.8 Å². The van der Waals surface area contributed by atoms with E-state index in [1.807, 2.05) is 43.3 Å². The summed E-state index contributed by atoms with van der Waals surface area (Å²) in [7, 11) is 1.31. The minimum atomic E-state index is -0.797. The Kier molecular flexibility index (Phi) is 7.49. The summed E-state index contributed by atoms with van der Waals surface area (Å²) in [5.74, 6) is 0.833. The minimum absolute atomic E-state index is 0.0130. The second-order valence-electron chi connectivity index (χ2n) is 12.6. The Hall–Kier alpha value is -2.93. The van der Waals surface area contributed by atoms with Crippen molar-refractivity contribution in [3.05, 3.63) is 59.7 Å². The van der Waals surface area contributed by atoms with Crippen molar-refractivity contribution in [3.8, 4) is 0 Å². The van der Waals surface area contributed by atoms with E-state index in [2.05, 4.69) is 36.5 Å². The number of nitrogens with zero attached hydrogens (tertiary/aromatic N) is 1. The molecular weight excluding hydrogens is 492 g/mol. The zero-order valence-electron chi connectivity index (χ0n) is 23.6. The van der Waals surface area contributed by atoms with Crippen molar-refractivity contribution in [3.63, 3.8) is 0 Å². The average molecular weight is 535 g/mol. The molecule has 7 nitrogen and oxygen atoms in total. The lowest BCUT2D eigenvalue weighted by Gasteiger charge is -2.58. The number of benzene rings is 1. The summed E-state index contributed by atoms with van der Waals surface area (Å²) in [6.07, 6.45) is 13.1. The average Bonchev–Trinajstić information content (AvgIpc) is 3.17. The van der Waals surface area contributed by atoms with Gasteiger partial charge >= 0.3 is 5.97 Å². The molecule has 0 spiro atoms. The number of methoxy groups -OCH3 is 1. The Morgan fingerprint density at radius 1 is 1.10 bits per heavy atom. The van der Waals surface area contributed by atoms with E-state index in [1.54, 1.807) is 0 Å². The van der Waals surface area contributed by atoms with Gasteiger partial charge in [0.15, 0.2) is 6.61 Å². The maximum absolute atomic E-state index is 12.5. The smallest absolute Gasteiger partial charge is 0.328 e. The molecule has 0 saturated heterocycles. The van der Waals surface area contributed by atoms with Gasteiger partial charge < -0.3 is 20.0 Å². The van der Waals surface area contributed by atoms with Gasteiger partial charge in [-0.2, -0.15) is 0 Å². The topological polar surface area (TPSA) is 97.2 Å². The quantitative estimate of drug-likeness (QED) is 0.389. The van der Waals surface area contributed by atoms with Crippen molar-refractivity contribution in [2.24, 2.45) is 33.7 Å². The number of allylic oxidation sites excluding steroid dienone is 4. The van der Waals surface area contributed by atoms with E-state index in [1.165, 1.54) is 12.7 Å². The van der Waals surface area contributed by atoms with Crippen LogP contribution in [-0.2, 0) is 25.6 Å². The molecule has 5 rings (SSSR count). The van der Waals surface area contributed by atoms with Gasteiger partial charge in [-0.3, -0.25) is 4.79 Å². The Morgan fingerprint density at radius 3 is 2.59 bits per heavy atom. The third kappa shape index (κ3) is 5.06. The Bertz CT molecular complexity index is 1190. The van der Waals surface area contributed by atoms with Crippen molar-refractivity contribution < 1.29 is 24.3 Å². The first-order chi connectivity index (χ1) is 18.6. The number of hydrogen-bond acceptors (Lipinski definition) is 6. The zero-order valence-corrected chi connectivity index (χ0v) is 23.6. The molecule has 7 atom stereocenters. The van der Waals surface area contributed by atoms with E-state index in [4.69, 9.17) is 9.57 Å². The number of amides is 1. The van der Waals surface area contributed by atoms with Gasteiger partial charge in [-0.1, -0.05) is 61.0 Å². The largest absolute Gasteiger partial charge is 0.467 e. The molecule has 0 heterocycles. The first kappa shape index (κ1) is 27.6. The summed E-state index contributed by atoms with van der Waals surface area (Å²) in [5.41, 5.74) is 2.43. The fraction of sp³-hybridized carbons (Fsp3) is 0.594. The molecule has 4 aliphatic rings. The molecule has 4 aliphatic carbocycles. The molecule has 0 bridgehead atoms. The number of carbonyl (C=O) groups is 2. The van der Waals surface area contributed by atoms with Crippen LogP contribution in [0.25, 0.3) is 0 Å². The molecule has 7 heteroatoms. The fourth-order valence-electron chi connectivity index (χ4n) is 8.09. The SMILES string of the molecule is COC(=O)[C@H](Cc1ccccc1)NC(=O)CO/N=C1/C=C[C@@]2(C)C(=C1)CC[C@H]1[C@H]3CC[C@](C)(O)[C@@]3(C)CC[C@@H]12. The van der Waals surface area contributed by atoms with E-state index >= 15 is 0 Å². The summed E-state index contributed by atoms with van der Waals surface area (Å²) in [4.78, 5) is 30.2. The zero-order chi connectivity index (χ0) is 27.8. The Morgan fingerprint density at radius 2 is 1.85 bits per heavy atom. The lowest BCUT2D eigenvalue weighted by atomic mass is 9.47. The molecule has 2 N–H and O–H groups in total. The third-order valence-corrected chi connectivity index (χ3v) is 10.6. The van der Waals surface area contributed by atoms with Crippen molar-refractivity contribution in [1.82, 2.24) is 5.32 Å². The Labute approximate surface area is 231 Å². The highest BCUT2D eigenvalue weighted by atomic mass is 16.6. The first-order valence-electron chi connectivity index (χ1n) is 14.3. The van der Waals surface area contributed by atoms with Crippen LogP contribution in [0.5, 0.6) is 0 Å². The number of fused-ring (bicyclic) bond motifs is 5. The van der Waals surface area contributed by atoms with Gasteiger partial charge in [-0.25, -0.2) is 4.79 Å². The maximum Gasteiger partial charge on any atom is 0.328 e. The molecule has 0 aromatic heterocycles.